The first-order valence-corrected chi connectivity index (χ1v) is 11.2. The Balaban J connectivity index is 1.87. The van der Waals surface area contributed by atoms with Crippen molar-refractivity contribution < 1.29 is 14.3 Å². The van der Waals surface area contributed by atoms with Gasteiger partial charge in [-0.15, -0.1) is 6.58 Å². The zero-order valence-corrected chi connectivity index (χ0v) is 20.6. The minimum atomic E-state index is -0.546. The van der Waals surface area contributed by atoms with Crippen LogP contribution >= 0.6 is 50.7 Å². The van der Waals surface area contributed by atoms with Crippen LogP contribution in [0.3, 0.4) is 0 Å². The Kier molecular flexibility index (Phi) is 7.59. The summed E-state index contributed by atoms with van der Waals surface area (Å²) < 4.78 is 7.37. The molecule has 0 bridgehead atoms. The van der Waals surface area contributed by atoms with E-state index in [0.29, 0.717) is 21.3 Å². The summed E-state index contributed by atoms with van der Waals surface area (Å²) in [6.07, 6.45) is 3.05. The molecule has 0 unspecified atom stereocenters. The van der Waals surface area contributed by atoms with Gasteiger partial charge in [-0.25, -0.2) is 0 Å². The monoisotopic (exact) mass is 607 g/mol. The first kappa shape index (κ1) is 23.1. The summed E-state index contributed by atoms with van der Waals surface area (Å²) in [6.45, 7) is 4.04. The van der Waals surface area contributed by atoms with Gasteiger partial charge in [0.25, 0.3) is 11.8 Å². The minimum absolute atomic E-state index is 0.0187. The van der Waals surface area contributed by atoms with E-state index in [4.69, 9.17) is 17.0 Å². The second kappa shape index (κ2) is 10.2. The molecule has 1 N–H and O–H groups in total. The molecule has 0 spiro atoms. The van der Waals surface area contributed by atoms with Gasteiger partial charge in [-0.3, -0.25) is 19.8 Å². The summed E-state index contributed by atoms with van der Waals surface area (Å²) in [4.78, 5) is 26.3. The maximum atomic E-state index is 12.7. The second-order valence-electron chi connectivity index (χ2n) is 6.39. The molecule has 2 aromatic carbocycles. The molecular formula is C22H15BrIN3O3S. The predicted molar refractivity (Wildman–Crippen MR) is 133 cm³/mol. The standard InChI is InChI=1S/C22H15BrIN3O3S/c1-2-7-27-21(29)16(20(28)26-22(27)31)8-13-9-17(23)19(18(24)10-13)30-12-15-6-4-3-5-14(15)11-25/h2-6,8-10H,1,7,12H2,(H,26,28,31)/b16-8+. The van der Waals surface area contributed by atoms with Gasteiger partial charge >= 0.3 is 0 Å². The quantitative estimate of drug-likeness (QED) is 0.174. The summed E-state index contributed by atoms with van der Waals surface area (Å²) in [6, 6.07) is 12.9. The van der Waals surface area contributed by atoms with Gasteiger partial charge in [0.15, 0.2) is 5.11 Å². The molecule has 1 fully saturated rings. The van der Waals surface area contributed by atoms with Crippen molar-refractivity contribution in [2.45, 2.75) is 6.61 Å². The van der Waals surface area contributed by atoms with E-state index < -0.39 is 11.8 Å². The molecule has 3 rings (SSSR count). The van der Waals surface area contributed by atoms with E-state index in [1.165, 1.54) is 17.1 Å². The van der Waals surface area contributed by atoms with Gasteiger partial charge in [0.1, 0.15) is 17.9 Å². The lowest BCUT2D eigenvalue weighted by molar-refractivity contribution is -0.128. The van der Waals surface area contributed by atoms with Crippen LogP contribution in [0.1, 0.15) is 16.7 Å². The smallest absolute Gasteiger partial charge is 0.265 e. The lowest BCUT2D eigenvalue weighted by Gasteiger charge is -2.27. The van der Waals surface area contributed by atoms with Crippen molar-refractivity contribution in [1.29, 1.82) is 5.26 Å². The van der Waals surface area contributed by atoms with Gasteiger partial charge in [0, 0.05) is 12.1 Å². The molecule has 156 valence electrons. The normalized spacial score (nSPS) is 14.9. The fourth-order valence-corrected chi connectivity index (χ4v) is 4.88. The number of thiocarbonyl (C=S) groups is 1. The molecule has 0 aliphatic carbocycles. The predicted octanol–water partition coefficient (Wildman–Crippen LogP) is 4.32. The number of nitriles is 1. The van der Waals surface area contributed by atoms with Crippen molar-refractivity contribution in [2.75, 3.05) is 6.54 Å². The molecule has 31 heavy (non-hydrogen) atoms. The van der Waals surface area contributed by atoms with Crippen LogP contribution in [-0.2, 0) is 16.2 Å². The fraction of sp³-hybridized carbons (Fsp3) is 0.0909. The van der Waals surface area contributed by atoms with Crippen molar-refractivity contribution in [3.8, 4) is 11.8 Å². The zero-order chi connectivity index (χ0) is 22.5. The van der Waals surface area contributed by atoms with Gasteiger partial charge in [-0.05, 0) is 80.6 Å². The summed E-state index contributed by atoms with van der Waals surface area (Å²) in [5.41, 5.74) is 1.96. The minimum Gasteiger partial charge on any atom is -0.487 e. The number of hydrogen-bond acceptors (Lipinski definition) is 5. The number of nitrogens with one attached hydrogen (secondary N) is 1. The average molecular weight is 608 g/mol. The van der Waals surface area contributed by atoms with Crippen molar-refractivity contribution >= 4 is 73.7 Å². The molecule has 2 aromatic rings. The highest BCUT2D eigenvalue weighted by atomic mass is 127. The highest BCUT2D eigenvalue weighted by Crippen LogP contribution is 2.33. The van der Waals surface area contributed by atoms with Crippen LogP contribution in [0.25, 0.3) is 6.08 Å². The number of amides is 2. The summed E-state index contributed by atoms with van der Waals surface area (Å²) in [5.74, 6) is -0.424. The summed E-state index contributed by atoms with van der Waals surface area (Å²) >= 11 is 10.7. The molecule has 1 aliphatic heterocycles. The zero-order valence-electron chi connectivity index (χ0n) is 16.0. The summed E-state index contributed by atoms with van der Waals surface area (Å²) in [5, 5.41) is 11.8. The molecule has 0 aromatic heterocycles. The third-order valence-electron chi connectivity index (χ3n) is 4.34. The molecule has 0 saturated carbocycles. The van der Waals surface area contributed by atoms with Crippen LogP contribution < -0.4 is 10.1 Å². The maximum Gasteiger partial charge on any atom is 0.265 e. The van der Waals surface area contributed by atoms with Crippen LogP contribution in [-0.4, -0.2) is 28.4 Å². The number of benzene rings is 2. The average Bonchev–Trinajstić information content (AvgIpc) is 2.74. The van der Waals surface area contributed by atoms with E-state index in [0.717, 1.165) is 9.13 Å². The van der Waals surface area contributed by atoms with Gasteiger partial charge in [-0.1, -0.05) is 24.3 Å². The fourth-order valence-electron chi connectivity index (χ4n) is 2.86. The Morgan fingerprint density at radius 2 is 2.06 bits per heavy atom. The largest absolute Gasteiger partial charge is 0.487 e. The number of nitrogens with zero attached hydrogens (tertiary/aromatic N) is 2. The van der Waals surface area contributed by atoms with Crippen LogP contribution in [0.5, 0.6) is 5.75 Å². The van der Waals surface area contributed by atoms with Crippen LogP contribution in [0.2, 0.25) is 0 Å². The first-order chi connectivity index (χ1) is 14.8. The third kappa shape index (κ3) is 5.20. The number of rotatable bonds is 6. The molecule has 0 atom stereocenters. The van der Waals surface area contributed by atoms with E-state index in [-0.39, 0.29) is 23.8 Å². The number of hydrogen-bond donors (Lipinski definition) is 1. The van der Waals surface area contributed by atoms with E-state index in [1.54, 1.807) is 24.3 Å². The van der Waals surface area contributed by atoms with Crippen LogP contribution in [0.4, 0.5) is 0 Å². The molecule has 2 amide bonds. The Morgan fingerprint density at radius 1 is 1.32 bits per heavy atom. The molecular weight excluding hydrogens is 593 g/mol. The lowest BCUT2D eigenvalue weighted by Crippen LogP contribution is -2.53. The van der Waals surface area contributed by atoms with Crippen LogP contribution in [0, 0.1) is 14.9 Å². The molecule has 1 saturated heterocycles. The van der Waals surface area contributed by atoms with Crippen molar-refractivity contribution in [3.63, 3.8) is 0 Å². The van der Waals surface area contributed by atoms with Crippen molar-refractivity contribution in [3.05, 3.63) is 79.4 Å². The van der Waals surface area contributed by atoms with E-state index in [2.05, 4.69) is 56.5 Å². The van der Waals surface area contributed by atoms with Gasteiger partial charge < -0.3 is 4.74 Å². The van der Waals surface area contributed by atoms with E-state index in [9.17, 15) is 14.9 Å². The SMILES string of the molecule is C=CCN1C(=O)/C(=C/c2cc(Br)c(OCc3ccccc3C#N)c(I)c2)C(=O)NC1=S. The molecule has 0 radical (unpaired) electrons. The molecule has 6 nitrogen and oxygen atoms in total. The Bertz CT molecular complexity index is 1150. The molecule has 9 heteroatoms. The lowest BCUT2D eigenvalue weighted by atomic mass is 10.1. The maximum absolute atomic E-state index is 12.7. The van der Waals surface area contributed by atoms with Gasteiger partial charge in [0.05, 0.1) is 19.7 Å². The van der Waals surface area contributed by atoms with E-state index in [1.807, 2.05) is 12.1 Å². The Morgan fingerprint density at radius 3 is 2.74 bits per heavy atom. The number of ether oxygens (including phenoxy) is 1. The van der Waals surface area contributed by atoms with Crippen molar-refractivity contribution in [1.82, 2.24) is 10.2 Å². The van der Waals surface area contributed by atoms with E-state index >= 15 is 0 Å². The first-order valence-electron chi connectivity index (χ1n) is 8.95. The summed E-state index contributed by atoms with van der Waals surface area (Å²) in [7, 11) is 0. The number of carbonyl (C=O) groups is 2. The highest BCUT2D eigenvalue weighted by Gasteiger charge is 2.32. The highest BCUT2D eigenvalue weighted by molar-refractivity contribution is 14.1. The van der Waals surface area contributed by atoms with Crippen molar-refractivity contribution in [2.24, 2.45) is 0 Å². The van der Waals surface area contributed by atoms with Gasteiger partial charge in [-0.2, -0.15) is 5.26 Å². The Labute approximate surface area is 206 Å². The topological polar surface area (TPSA) is 82.4 Å². The molecule has 1 aliphatic rings. The number of halogens is 2. The Hall–Kier alpha value is -2.55. The van der Waals surface area contributed by atoms with Gasteiger partial charge in [0.2, 0.25) is 0 Å². The second-order valence-corrected chi connectivity index (χ2v) is 8.80. The molecule has 1 heterocycles. The number of carbonyl (C=O) groups excluding carboxylic acids is 2. The van der Waals surface area contributed by atoms with Crippen LogP contribution in [0.15, 0.2) is 59.1 Å². The third-order valence-corrected chi connectivity index (χ3v) is 6.05.